The predicted molar refractivity (Wildman–Crippen MR) is 96.3 cm³/mol. The van der Waals surface area contributed by atoms with Crippen LogP contribution in [0.25, 0.3) is 0 Å². The molecule has 25 heavy (non-hydrogen) atoms. The topological polar surface area (TPSA) is 76.0 Å². The van der Waals surface area contributed by atoms with Gasteiger partial charge in [-0.2, -0.15) is 5.10 Å². The third-order valence-electron chi connectivity index (χ3n) is 4.56. The molecule has 2 amide bonds. The van der Waals surface area contributed by atoms with Crippen LogP contribution in [0.2, 0.25) is 0 Å². The Morgan fingerprint density at radius 1 is 1.28 bits per heavy atom. The van der Waals surface area contributed by atoms with Crippen molar-refractivity contribution in [2.75, 3.05) is 5.32 Å². The average molecular weight is 340 g/mol. The Morgan fingerprint density at radius 3 is 2.80 bits per heavy atom. The molecule has 3 rings (SSSR count). The smallest absolute Gasteiger partial charge is 0.272 e. The molecule has 0 bridgehead atoms. The number of nitrogens with one attached hydrogen (secondary N) is 2. The van der Waals surface area contributed by atoms with Crippen molar-refractivity contribution in [3.8, 4) is 0 Å². The molecule has 1 unspecified atom stereocenters. The number of hydrogen-bond donors (Lipinski definition) is 2. The first-order valence-corrected chi connectivity index (χ1v) is 8.69. The molecule has 1 aliphatic carbocycles. The van der Waals surface area contributed by atoms with Crippen molar-refractivity contribution in [3.05, 3.63) is 47.2 Å². The molecule has 2 aromatic rings. The van der Waals surface area contributed by atoms with Gasteiger partial charge in [-0.3, -0.25) is 14.3 Å². The first-order valence-electron chi connectivity index (χ1n) is 8.69. The van der Waals surface area contributed by atoms with Crippen LogP contribution in [0.1, 0.15) is 54.3 Å². The quantitative estimate of drug-likeness (QED) is 0.898. The van der Waals surface area contributed by atoms with E-state index >= 15 is 0 Å². The van der Waals surface area contributed by atoms with Gasteiger partial charge in [0.2, 0.25) is 5.91 Å². The summed E-state index contributed by atoms with van der Waals surface area (Å²) in [5, 5.41) is 10.1. The third-order valence-corrected chi connectivity index (χ3v) is 4.56. The van der Waals surface area contributed by atoms with Gasteiger partial charge in [-0.15, -0.1) is 0 Å². The van der Waals surface area contributed by atoms with E-state index in [0.717, 1.165) is 19.3 Å². The van der Waals surface area contributed by atoms with E-state index in [1.165, 1.54) is 15.8 Å². The van der Waals surface area contributed by atoms with Crippen LogP contribution in [0.4, 0.5) is 5.82 Å². The highest BCUT2D eigenvalue weighted by atomic mass is 16.2. The number of carbonyl (C=O) groups is 2. The highest BCUT2D eigenvalue weighted by Gasteiger charge is 2.23. The van der Waals surface area contributed by atoms with Gasteiger partial charge in [-0.1, -0.05) is 38.1 Å². The van der Waals surface area contributed by atoms with Crippen molar-refractivity contribution in [2.24, 2.45) is 13.0 Å². The number of carbonyl (C=O) groups excluding carboxylic acids is 2. The van der Waals surface area contributed by atoms with Crippen molar-refractivity contribution >= 4 is 17.6 Å². The Labute approximate surface area is 147 Å². The lowest BCUT2D eigenvalue weighted by Gasteiger charge is -2.26. The van der Waals surface area contributed by atoms with Crippen LogP contribution in [0, 0.1) is 5.92 Å². The fraction of sp³-hybridized carbons (Fsp3) is 0.421. The Balaban J connectivity index is 1.73. The third kappa shape index (κ3) is 3.73. The molecule has 1 aliphatic rings. The van der Waals surface area contributed by atoms with Crippen molar-refractivity contribution in [1.82, 2.24) is 15.1 Å². The molecule has 2 N–H and O–H groups in total. The van der Waals surface area contributed by atoms with Gasteiger partial charge in [-0.25, -0.2) is 0 Å². The van der Waals surface area contributed by atoms with Gasteiger partial charge in [-0.05, 0) is 30.4 Å². The first-order chi connectivity index (χ1) is 12.0. The van der Waals surface area contributed by atoms with Crippen LogP contribution < -0.4 is 10.6 Å². The zero-order valence-corrected chi connectivity index (χ0v) is 14.9. The lowest BCUT2D eigenvalue weighted by Crippen LogP contribution is -2.31. The summed E-state index contributed by atoms with van der Waals surface area (Å²) in [6.07, 6.45) is 3.03. The summed E-state index contributed by atoms with van der Waals surface area (Å²) in [6.45, 7) is 3.64. The van der Waals surface area contributed by atoms with Gasteiger partial charge in [0.15, 0.2) is 5.69 Å². The van der Waals surface area contributed by atoms with E-state index in [-0.39, 0.29) is 23.8 Å². The van der Waals surface area contributed by atoms with Gasteiger partial charge in [0.25, 0.3) is 5.91 Å². The molecule has 6 nitrogen and oxygen atoms in total. The van der Waals surface area contributed by atoms with Crippen LogP contribution >= 0.6 is 0 Å². The van der Waals surface area contributed by atoms with E-state index in [0.29, 0.717) is 11.5 Å². The predicted octanol–water partition coefficient (Wildman–Crippen LogP) is 2.82. The number of aromatic nitrogens is 2. The molecule has 1 atom stereocenters. The molecule has 0 saturated carbocycles. The summed E-state index contributed by atoms with van der Waals surface area (Å²) in [5.41, 5.74) is 2.79. The van der Waals surface area contributed by atoms with E-state index < -0.39 is 0 Å². The maximum absolute atomic E-state index is 12.6. The summed E-state index contributed by atoms with van der Waals surface area (Å²) < 4.78 is 1.52. The van der Waals surface area contributed by atoms with Crippen LogP contribution in [0.3, 0.4) is 0 Å². The largest absolute Gasteiger partial charge is 0.344 e. The van der Waals surface area contributed by atoms with Crippen LogP contribution in [0.15, 0.2) is 30.3 Å². The molecule has 0 spiro atoms. The van der Waals surface area contributed by atoms with Crippen molar-refractivity contribution in [1.29, 1.82) is 0 Å². The van der Waals surface area contributed by atoms with E-state index in [1.807, 2.05) is 26.0 Å². The second kappa shape index (κ2) is 7.09. The summed E-state index contributed by atoms with van der Waals surface area (Å²) in [7, 11) is 1.71. The van der Waals surface area contributed by atoms with Gasteiger partial charge in [0, 0.05) is 19.0 Å². The number of nitrogens with zero attached hydrogens (tertiary/aromatic N) is 2. The lowest BCUT2D eigenvalue weighted by molar-refractivity contribution is -0.118. The zero-order chi connectivity index (χ0) is 18.0. The highest BCUT2D eigenvalue weighted by Crippen LogP contribution is 2.29. The summed E-state index contributed by atoms with van der Waals surface area (Å²) in [6, 6.07) is 9.85. The standard InChI is InChI=1S/C19H24N4O2/c1-12(2)18(24)21-17-11-16(22-23(17)3)19(25)20-15-10-6-8-13-7-4-5-9-14(13)15/h4-5,7,9,11-12,15H,6,8,10H2,1-3H3,(H,20,25)(H,21,24). The molecule has 0 fully saturated rings. The molecule has 1 heterocycles. The molecule has 0 saturated heterocycles. The highest BCUT2D eigenvalue weighted by molar-refractivity contribution is 5.96. The van der Waals surface area contributed by atoms with E-state index in [2.05, 4.69) is 27.9 Å². The molecule has 0 aliphatic heterocycles. The molecule has 0 radical (unpaired) electrons. The molecular formula is C19H24N4O2. The minimum Gasteiger partial charge on any atom is -0.344 e. The normalized spacial score (nSPS) is 16.4. The minimum absolute atomic E-state index is 0.00756. The average Bonchev–Trinajstić information content (AvgIpc) is 2.96. The maximum Gasteiger partial charge on any atom is 0.272 e. The second-order valence-corrected chi connectivity index (χ2v) is 6.80. The summed E-state index contributed by atoms with van der Waals surface area (Å²) in [5.74, 6) is 0.0670. The fourth-order valence-corrected chi connectivity index (χ4v) is 3.10. The Bertz CT molecular complexity index is 794. The van der Waals surface area contributed by atoms with Crippen LogP contribution in [-0.4, -0.2) is 21.6 Å². The number of benzene rings is 1. The monoisotopic (exact) mass is 340 g/mol. The number of fused-ring (bicyclic) bond motifs is 1. The maximum atomic E-state index is 12.6. The number of anilines is 1. The summed E-state index contributed by atoms with van der Waals surface area (Å²) in [4.78, 5) is 24.5. The van der Waals surface area contributed by atoms with Gasteiger partial charge >= 0.3 is 0 Å². The SMILES string of the molecule is CC(C)C(=O)Nc1cc(C(=O)NC2CCCc3ccccc32)nn1C. The van der Waals surface area contributed by atoms with Gasteiger partial charge < -0.3 is 10.6 Å². The molecule has 1 aromatic carbocycles. The molecule has 6 heteroatoms. The Kier molecular flexibility index (Phi) is 4.88. The first kappa shape index (κ1) is 17.2. The number of hydrogen-bond acceptors (Lipinski definition) is 3. The Morgan fingerprint density at radius 2 is 2.04 bits per heavy atom. The number of rotatable bonds is 4. The van der Waals surface area contributed by atoms with E-state index in [4.69, 9.17) is 0 Å². The van der Waals surface area contributed by atoms with Crippen molar-refractivity contribution < 1.29 is 9.59 Å². The van der Waals surface area contributed by atoms with Crippen molar-refractivity contribution in [3.63, 3.8) is 0 Å². The van der Waals surface area contributed by atoms with E-state index in [9.17, 15) is 9.59 Å². The minimum atomic E-state index is -0.220. The Hall–Kier alpha value is -2.63. The molecular weight excluding hydrogens is 316 g/mol. The fourth-order valence-electron chi connectivity index (χ4n) is 3.10. The zero-order valence-electron chi connectivity index (χ0n) is 14.9. The second-order valence-electron chi connectivity index (χ2n) is 6.80. The van der Waals surface area contributed by atoms with Crippen LogP contribution in [0.5, 0.6) is 0 Å². The number of amides is 2. The van der Waals surface area contributed by atoms with Gasteiger partial charge in [0.05, 0.1) is 6.04 Å². The van der Waals surface area contributed by atoms with E-state index in [1.54, 1.807) is 13.1 Å². The summed E-state index contributed by atoms with van der Waals surface area (Å²) >= 11 is 0. The lowest BCUT2D eigenvalue weighted by atomic mass is 9.88. The van der Waals surface area contributed by atoms with Gasteiger partial charge in [0.1, 0.15) is 5.82 Å². The molecule has 132 valence electrons. The molecule has 1 aromatic heterocycles. The number of aryl methyl sites for hydroxylation is 2. The van der Waals surface area contributed by atoms with Crippen LogP contribution in [-0.2, 0) is 18.3 Å². The van der Waals surface area contributed by atoms with Crippen molar-refractivity contribution in [2.45, 2.75) is 39.2 Å².